The third-order valence-electron chi connectivity index (χ3n) is 4.10. The molecule has 0 saturated heterocycles. The van der Waals surface area contributed by atoms with E-state index in [1.165, 1.54) is 19.3 Å². The number of aliphatic carboxylic acids is 1. The van der Waals surface area contributed by atoms with Crippen molar-refractivity contribution in [2.24, 2.45) is 11.3 Å². The van der Waals surface area contributed by atoms with Crippen LogP contribution in [0.4, 0.5) is 0 Å². The average Bonchev–Trinajstić information content (AvgIpc) is 2.30. The van der Waals surface area contributed by atoms with Gasteiger partial charge in [0.1, 0.15) is 0 Å². The molecule has 94 valence electrons. The lowest BCUT2D eigenvalue weighted by atomic mass is 9.67. The zero-order chi connectivity index (χ0) is 12.0. The molecule has 0 aromatic heterocycles. The predicted octanol–water partition coefficient (Wildman–Crippen LogP) is 2.82. The van der Waals surface area contributed by atoms with E-state index in [2.05, 4.69) is 0 Å². The highest BCUT2D eigenvalue weighted by atomic mass is 16.4. The van der Waals surface area contributed by atoms with E-state index in [1.807, 2.05) is 6.92 Å². The van der Waals surface area contributed by atoms with E-state index in [0.717, 1.165) is 25.7 Å². The van der Waals surface area contributed by atoms with Gasteiger partial charge in [0.05, 0.1) is 5.41 Å². The Balaban J connectivity index is 2.58. The molecule has 0 heterocycles. The van der Waals surface area contributed by atoms with Crippen molar-refractivity contribution in [1.29, 1.82) is 0 Å². The number of hydrogen-bond donors (Lipinski definition) is 2. The lowest BCUT2D eigenvalue weighted by Crippen LogP contribution is -2.37. The highest BCUT2D eigenvalue weighted by Gasteiger charge is 2.40. The standard InChI is InChI=1S/C13H24O3/c1-13(12(15)16,9-5-6-10-14)11-7-3-2-4-8-11/h11,14H,2-10H2,1H3,(H,15,16). The number of aliphatic hydroxyl groups is 1. The summed E-state index contributed by atoms with van der Waals surface area (Å²) < 4.78 is 0. The van der Waals surface area contributed by atoms with Crippen LogP contribution in [0, 0.1) is 11.3 Å². The number of hydrogen-bond acceptors (Lipinski definition) is 2. The quantitative estimate of drug-likeness (QED) is 0.687. The smallest absolute Gasteiger partial charge is 0.309 e. The molecule has 1 fully saturated rings. The van der Waals surface area contributed by atoms with Gasteiger partial charge in [-0.15, -0.1) is 0 Å². The van der Waals surface area contributed by atoms with Crippen LogP contribution >= 0.6 is 0 Å². The molecule has 1 rings (SSSR count). The van der Waals surface area contributed by atoms with Crippen molar-refractivity contribution in [3.8, 4) is 0 Å². The predicted molar refractivity (Wildman–Crippen MR) is 63.3 cm³/mol. The maximum atomic E-state index is 11.5. The van der Waals surface area contributed by atoms with Gasteiger partial charge in [-0.25, -0.2) is 0 Å². The van der Waals surface area contributed by atoms with Gasteiger partial charge in [0.15, 0.2) is 0 Å². The second kappa shape index (κ2) is 6.24. The van der Waals surface area contributed by atoms with E-state index in [1.54, 1.807) is 0 Å². The van der Waals surface area contributed by atoms with E-state index in [0.29, 0.717) is 12.3 Å². The Labute approximate surface area is 97.9 Å². The number of carboxylic acid groups (broad SMARTS) is 1. The molecule has 1 atom stereocenters. The number of rotatable bonds is 6. The first-order valence-electron chi connectivity index (χ1n) is 6.45. The number of unbranched alkanes of at least 4 members (excludes halogenated alkanes) is 1. The summed E-state index contributed by atoms with van der Waals surface area (Å²) in [7, 11) is 0. The van der Waals surface area contributed by atoms with E-state index < -0.39 is 11.4 Å². The summed E-state index contributed by atoms with van der Waals surface area (Å²) in [4.78, 5) is 11.5. The molecule has 0 aromatic carbocycles. The van der Waals surface area contributed by atoms with E-state index in [9.17, 15) is 9.90 Å². The Hall–Kier alpha value is -0.570. The van der Waals surface area contributed by atoms with Crippen LogP contribution in [0.15, 0.2) is 0 Å². The van der Waals surface area contributed by atoms with E-state index >= 15 is 0 Å². The third-order valence-corrected chi connectivity index (χ3v) is 4.10. The molecule has 1 aliphatic carbocycles. The fraction of sp³-hybridized carbons (Fsp3) is 0.923. The Morgan fingerprint density at radius 2 is 1.88 bits per heavy atom. The molecule has 0 aliphatic heterocycles. The van der Waals surface area contributed by atoms with Gasteiger partial charge >= 0.3 is 5.97 Å². The van der Waals surface area contributed by atoms with Crippen LogP contribution in [0.5, 0.6) is 0 Å². The zero-order valence-corrected chi connectivity index (χ0v) is 10.2. The average molecular weight is 228 g/mol. The van der Waals surface area contributed by atoms with Gasteiger partial charge < -0.3 is 10.2 Å². The van der Waals surface area contributed by atoms with Gasteiger partial charge in [0.2, 0.25) is 0 Å². The van der Waals surface area contributed by atoms with Crippen molar-refractivity contribution in [3.63, 3.8) is 0 Å². The summed E-state index contributed by atoms with van der Waals surface area (Å²) in [5, 5.41) is 18.2. The first kappa shape index (κ1) is 13.5. The van der Waals surface area contributed by atoms with Gasteiger partial charge in [0, 0.05) is 6.61 Å². The van der Waals surface area contributed by atoms with Gasteiger partial charge in [-0.05, 0) is 38.5 Å². The number of carbonyl (C=O) groups is 1. The molecule has 0 spiro atoms. The monoisotopic (exact) mass is 228 g/mol. The molecule has 16 heavy (non-hydrogen) atoms. The minimum Gasteiger partial charge on any atom is -0.481 e. The van der Waals surface area contributed by atoms with Crippen LogP contribution in [0.3, 0.4) is 0 Å². The molecule has 2 N–H and O–H groups in total. The summed E-state index contributed by atoms with van der Waals surface area (Å²) in [6.07, 6.45) is 7.95. The van der Waals surface area contributed by atoms with Crippen molar-refractivity contribution < 1.29 is 15.0 Å². The van der Waals surface area contributed by atoms with Crippen LogP contribution in [0.25, 0.3) is 0 Å². The molecular formula is C13H24O3. The molecule has 3 heteroatoms. The normalized spacial score (nSPS) is 21.6. The highest BCUT2D eigenvalue weighted by Crippen LogP contribution is 2.42. The van der Waals surface area contributed by atoms with Crippen molar-refractivity contribution >= 4 is 5.97 Å². The minimum absolute atomic E-state index is 0.167. The Kier molecular flexibility index (Phi) is 5.26. The zero-order valence-electron chi connectivity index (χ0n) is 10.2. The van der Waals surface area contributed by atoms with Gasteiger partial charge in [-0.1, -0.05) is 25.7 Å². The van der Waals surface area contributed by atoms with Gasteiger partial charge in [-0.3, -0.25) is 4.79 Å². The fourth-order valence-electron chi connectivity index (χ4n) is 2.83. The van der Waals surface area contributed by atoms with Crippen molar-refractivity contribution in [2.45, 2.75) is 58.3 Å². The highest BCUT2D eigenvalue weighted by molar-refractivity contribution is 5.74. The maximum Gasteiger partial charge on any atom is 0.309 e. The van der Waals surface area contributed by atoms with Gasteiger partial charge in [0.25, 0.3) is 0 Å². The number of aliphatic hydroxyl groups excluding tert-OH is 1. The van der Waals surface area contributed by atoms with E-state index in [-0.39, 0.29) is 6.61 Å². The summed E-state index contributed by atoms with van der Waals surface area (Å²) in [5.74, 6) is -0.324. The van der Waals surface area contributed by atoms with Crippen molar-refractivity contribution in [2.75, 3.05) is 6.61 Å². The first-order chi connectivity index (χ1) is 7.61. The number of carboxylic acids is 1. The second-order valence-electron chi connectivity index (χ2n) is 5.24. The maximum absolute atomic E-state index is 11.5. The summed E-state index contributed by atoms with van der Waals surface area (Å²) in [6.45, 7) is 2.06. The summed E-state index contributed by atoms with van der Waals surface area (Å²) in [5.41, 5.74) is -0.574. The summed E-state index contributed by atoms with van der Waals surface area (Å²) >= 11 is 0. The molecule has 3 nitrogen and oxygen atoms in total. The van der Waals surface area contributed by atoms with Crippen LogP contribution in [-0.4, -0.2) is 22.8 Å². The molecule has 0 radical (unpaired) electrons. The second-order valence-corrected chi connectivity index (χ2v) is 5.24. The lowest BCUT2D eigenvalue weighted by molar-refractivity contribution is -0.153. The van der Waals surface area contributed by atoms with Gasteiger partial charge in [-0.2, -0.15) is 0 Å². The fourth-order valence-corrected chi connectivity index (χ4v) is 2.83. The SMILES string of the molecule is CC(CCCCO)(C(=O)O)C1CCCCC1. The Bertz CT molecular complexity index is 221. The molecule has 0 amide bonds. The Morgan fingerprint density at radius 1 is 1.25 bits per heavy atom. The third kappa shape index (κ3) is 3.21. The molecule has 1 saturated carbocycles. The van der Waals surface area contributed by atoms with Crippen LogP contribution < -0.4 is 0 Å². The topological polar surface area (TPSA) is 57.5 Å². The lowest BCUT2D eigenvalue weighted by Gasteiger charge is -2.36. The van der Waals surface area contributed by atoms with Crippen LogP contribution in [0.1, 0.15) is 58.3 Å². The largest absolute Gasteiger partial charge is 0.481 e. The summed E-state index contributed by atoms with van der Waals surface area (Å²) in [6, 6.07) is 0. The van der Waals surface area contributed by atoms with Crippen molar-refractivity contribution in [3.05, 3.63) is 0 Å². The molecular weight excluding hydrogens is 204 g/mol. The van der Waals surface area contributed by atoms with Crippen LogP contribution in [0.2, 0.25) is 0 Å². The van der Waals surface area contributed by atoms with Crippen molar-refractivity contribution in [1.82, 2.24) is 0 Å². The van der Waals surface area contributed by atoms with Crippen LogP contribution in [-0.2, 0) is 4.79 Å². The first-order valence-corrected chi connectivity index (χ1v) is 6.45. The molecule has 0 bridgehead atoms. The molecule has 1 unspecified atom stereocenters. The molecule has 0 aromatic rings. The minimum atomic E-state index is -0.655. The Morgan fingerprint density at radius 3 is 2.38 bits per heavy atom. The van der Waals surface area contributed by atoms with E-state index in [4.69, 9.17) is 5.11 Å². The molecule has 1 aliphatic rings.